The van der Waals surface area contributed by atoms with Crippen LogP contribution in [0, 0.1) is 6.92 Å². The molecule has 0 bridgehead atoms. The first-order valence-electron chi connectivity index (χ1n) is 10.2. The number of nitrogens with zero attached hydrogens (tertiary/aromatic N) is 5. The summed E-state index contributed by atoms with van der Waals surface area (Å²) in [7, 11) is 1.70. The van der Waals surface area contributed by atoms with Gasteiger partial charge in [-0.15, -0.1) is 0 Å². The molecule has 7 nitrogen and oxygen atoms in total. The first kappa shape index (κ1) is 20.5. The summed E-state index contributed by atoms with van der Waals surface area (Å²) in [5.74, 6) is 0.231. The van der Waals surface area contributed by atoms with Crippen LogP contribution in [-0.2, 0) is 11.3 Å². The summed E-state index contributed by atoms with van der Waals surface area (Å²) in [6.07, 6.45) is 2.92. The van der Waals surface area contributed by atoms with E-state index in [2.05, 4.69) is 36.1 Å². The fraction of sp³-hybridized carbons (Fsp3) is 0.250. The van der Waals surface area contributed by atoms with Gasteiger partial charge in [0, 0.05) is 12.7 Å². The third-order valence-corrected chi connectivity index (χ3v) is 5.43. The molecule has 2 aromatic carbocycles. The van der Waals surface area contributed by atoms with Gasteiger partial charge >= 0.3 is 0 Å². The van der Waals surface area contributed by atoms with E-state index in [4.69, 9.17) is 0 Å². The van der Waals surface area contributed by atoms with Crippen LogP contribution in [0.5, 0.6) is 0 Å². The van der Waals surface area contributed by atoms with Crippen LogP contribution in [0.3, 0.4) is 0 Å². The zero-order chi connectivity index (χ0) is 22.1. The molecule has 0 aliphatic carbocycles. The normalized spacial score (nSPS) is 11.3. The highest BCUT2D eigenvalue weighted by atomic mass is 16.2. The second-order valence-corrected chi connectivity index (χ2v) is 8.01. The summed E-state index contributed by atoms with van der Waals surface area (Å²) < 4.78 is 2.97. The maximum atomic E-state index is 13.0. The van der Waals surface area contributed by atoms with E-state index in [-0.39, 0.29) is 18.0 Å². The summed E-state index contributed by atoms with van der Waals surface area (Å²) in [5.41, 5.74) is 4.08. The van der Waals surface area contributed by atoms with Crippen molar-refractivity contribution in [3.8, 4) is 5.69 Å². The zero-order valence-corrected chi connectivity index (χ0v) is 18.1. The standard InChI is InChI=1S/C24H25N5O2/c1-16(2)18-8-10-19(11-9-18)29-23-21(13-26-29)24(31)28(15-25-23)14-22(30)27(4)20-7-5-6-17(3)12-20/h5-13,15-16H,14H2,1-4H3. The number of fused-ring (bicyclic) bond motifs is 1. The summed E-state index contributed by atoms with van der Waals surface area (Å²) in [4.78, 5) is 31.7. The molecule has 0 spiro atoms. The highest BCUT2D eigenvalue weighted by Crippen LogP contribution is 2.19. The Morgan fingerprint density at radius 1 is 1.13 bits per heavy atom. The summed E-state index contributed by atoms with van der Waals surface area (Å²) >= 11 is 0. The first-order chi connectivity index (χ1) is 14.8. The third-order valence-electron chi connectivity index (χ3n) is 5.43. The molecular weight excluding hydrogens is 390 g/mol. The third kappa shape index (κ3) is 3.99. The Labute approximate surface area is 180 Å². The van der Waals surface area contributed by atoms with Crippen LogP contribution >= 0.6 is 0 Å². The van der Waals surface area contributed by atoms with Crippen molar-refractivity contribution in [1.82, 2.24) is 19.3 Å². The van der Waals surface area contributed by atoms with Crippen LogP contribution in [0.15, 0.2) is 65.8 Å². The summed E-state index contributed by atoms with van der Waals surface area (Å²) in [6, 6.07) is 15.7. The molecule has 7 heteroatoms. The molecule has 0 aliphatic rings. The van der Waals surface area contributed by atoms with E-state index in [1.165, 1.54) is 22.7 Å². The predicted octanol–water partition coefficient (Wildman–Crippen LogP) is 3.68. The van der Waals surface area contributed by atoms with Crippen molar-refractivity contribution < 1.29 is 4.79 Å². The number of hydrogen-bond donors (Lipinski definition) is 0. The molecule has 0 radical (unpaired) electrons. The molecule has 158 valence electrons. The lowest BCUT2D eigenvalue weighted by atomic mass is 10.0. The number of rotatable bonds is 5. The van der Waals surface area contributed by atoms with Crippen LogP contribution in [0.25, 0.3) is 16.7 Å². The lowest BCUT2D eigenvalue weighted by Gasteiger charge is -2.18. The molecule has 0 aliphatic heterocycles. The average Bonchev–Trinajstić information content (AvgIpc) is 3.20. The Morgan fingerprint density at radius 2 is 1.87 bits per heavy atom. The largest absolute Gasteiger partial charge is 0.314 e. The number of benzene rings is 2. The first-order valence-corrected chi connectivity index (χ1v) is 10.2. The molecule has 1 amide bonds. The van der Waals surface area contributed by atoms with Gasteiger partial charge in [0.05, 0.1) is 11.9 Å². The second-order valence-electron chi connectivity index (χ2n) is 8.01. The highest BCUT2D eigenvalue weighted by Gasteiger charge is 2.16. The summed E-state index contributed by atoms with van der Waals surface area (Å²) in [6.45, 7) is 6.15. The van der Waals surface area contributed by atoms with E-state index in [1.54, 1.807) is 16.6 Å². The molecule has 0 fully saturated rings. The van der Waals surface area contributed by atoms with Gasteiger partial charge in [-0.1, -0.05) is 38.1 Å². The number of likely N-dealkylation sites (N-methyl/N-ethyl adjacent to an activating group) is 1. The molecule has 0 saturated heterocycles. The lowest BCUT2D eigenvalue weighted by molar-refractivity contribution is -0.118. The number of anilines is 1. The van der Waals surface area contributed by atoms with Crippen LogP contribution in [-0.4, -0.2) is 32.3 Å². The monoisotopic (exact) mass is 415 g/mol. The van der Waals surface area contributed by atoms with Gasteiger partial charge in [-0.05, 0) is 48.2 Å². The quantitative estimate of drug-likeness (QED) is 0.498. The van der Waals surface area contributed by atoms with E-state index in [0.29, 0.717) is 17.0 Å². The molecule has 0 unspecified atom stereocenters. The Hall–Kier alpha value is -3.74. The van der Waals surface area contributed by atoms with Gasteiger partial charge in [-0.2, -0.15) is 5.10 Å². The average molecular weight is 415 g/mol. The van der Waals surface area contributed by atoms with E-state index in [9.17, 15) is 9.59 Å². The van der Waals surface area contributed by atoms with E-state index in [1.807, 2.05) is 43.3 Å². The predicted molar refractivity (Wildman–Crippen MR) is 122 cm³/mol. The number of aryl methyl sites for hydroxylation is 1. The SMILES string of the molecule is Cc1cccc(N(C)C(=O)Cn2cnc3c(cnn3-c3ccc(C(C)C)cc3)c2=O)c1. The molecule has 4 rings (SSSR count). The van der Waals surface area contributed by atoms with Gasteiger partial charge in [0.25, 0.3) is 5.56 Å². The molecule has 0 atom stereocenters. The van der Waals surface area contributed by atoms with Gasteiger partial charge in [0.1, 0.15) is 18.3 Å². The maximum absolute atomic E-state index is 13.0. The van der Waals surface area contributed by atoms with Gasteiger partial charge in [0.15, 0.2) is 5.65 Å². The van der Waals surface area contributed by atoms with Crippen LogP contribution in [0.4, 0.5) is 5.69 Å². The molecule has 31 heavy (non-hydrogen) atoms. The summed E-state index contributed by atoms with van der Waals surface area (Å²) in [5, 5.41) is 4.74. The van der Waals surface area contributed by atoms with Crippen molar-refractivity contribution in [2.45, 2.75) is 33.2 Å². The molecular formula is C24H25N5O2. The number of hydrogen-bond acceptors (Lipinski definition) is 4. The van der Waals surface area contributed by atoms with Crippen molar-refractivity contribution in [3.63, 3.8) is 0 Å². The van der Waals surface area contributed by atoms with Gasteiger partial charge in [0.2, 0.25) is 5.91 Å². The van der Waals surface area contributed by atoms with Crippen LogP contribution < -0.4 is 10.5 Å². The van der Waals surface area contributed by atoms with Crippen molar-refractivity contribution in [2.24, 2.45) is 0 Å². The second kappa shape index (κ2) is 8.18. The number of amides is 1. The Balaban J connectivity index is 1.62. The number of aromatic nitrogens is 4. The van der Waals surface area contributed by atoms with Crippen LogP contribution in [0.2, 0.25) is 0 Å². The smallest absolute Gasteiger partial charge is 0.264 e. The van der Waals surface area contributed by atoms with Crippen molar-refractivity contribution in [3.05, 3.63) is 82.5 Å². The van der Waals surface area contributed by atoms with Crippen molar-refractivity contribution >= 4 is 22.6 Å². The Morgan fingerprint density at radius 3 is 2.55 bits per heavy atom. The molecule has 4 aromatic rings. The van der Waals surface area contributed by atoms with Crippen LogP contribution in [0.1, 0.15) is 30.9 Å². The maximum Gasteiger partial charge on any atom is 0.264 e. The van der Waals surface area contributed by atoms with Gasteiger partial charge < -0.3 is 4.90 Å². The molecule has 0 N–H and O–H groups in total. The lowest BCUT2D eigenvalue weighted by Crippen LogP contribution is -2.34. The zero-order valence-electron chi connectivity index (χ0n) is 18.1. The fourth-order valence-electron chi connectivity index (χ4n) is 3.48. The molecule has 2 aromatic heterocycles. The molecule has 0 saturated carbocycles. The highest BCUT2D eigenvalue weighted by molar-refractivity contribution is 5.92. The van der Waals surface area contributed by atoms with Gasteiger partial charge in [-0.25, -0.2) is 9.67 Å². The topological polar surface area (TPSA) is 73.0 Å². The minimum absolute atomic E-state index is 0.0967. The van der Waals surface area contributed by atoms with E-state index in [0.717, 1.165) is 16.9 Å². The van der Waals surface area contributed by atoms with E-state index < -0.39 is 0 Å². The molecule has 2 heterocycles. The van der Waals surface area contributed by atoms with Crippen molar-refractivity contribution in [2.75, 3.05) is 11.9 Å². The van der Waals surface area contributed by atoms with Gasteiger partial charge in [-0.3, -0.25) is 14.2 Å². The number of carbonyl (C=O) groups excluding carboxylic acids is 1. The fourth-order valence-corrected chi connectivity index (χ4v) is 3.48. The van der Waals surface area contributed by atoms with E-state index >= 15 is 0 Å². The minimum Gasteiger partial charge on any atom is -0.314 e. The Bertz CT molecular complexity index is 1300. The minimum atomic E-state index is -0.291. The number of carbonyl (C=O) groups is 1. The van der Waals surface area contributed by atoms with Crippen molar-refractivity contribution in [1.29, 1.82) is 0 Å². The Kier molecular flexibility index (Phi) is 5.42.